The fourth-order valence-electron chi connectivity index (χ4n) is 2.27. The van der Waals surface area contributed by atoms with E-state index >= 15 is 0 Å². The van der Waals surface area contributed by atoms with Crippen molar-refractivity contribution in [3.05, 3.63) is 41.9 Å². The van der Waals surface area contributed by atoms with Crippen LogP contribution < -0.4 is 4.31 Å². The number of para-hydroxylation sites is 1. The third-order valence-corrected chi connectivity index (χ3v) is 4.22. The van der Waals surface area contributed by atoms with Gasteiger partial charge in [-0.25, -0.2) is 4.98 Å². The third-order valence-electron chi connectivity index (χ3n) is 3.30. The second-order valence-corrected chi connectivity index (χ2v) is 6.11. The first-order chi connectivity index (χ1) is 10.6. The summed E-state index contributed by atoms with van der Waals surface area (Å²) >= 11 is 7.70. The quantitative estimate of drug-likeness (QED) is 0.520. The standard InChI is InChI=1S/C15H16ClN5S/c1-10(2)20-9-17-12-13(20)18-15(16)19-14(12)21(22-3)11-7-5-4-6-8-11/h4-10H,1-3H3. The van der Waals surface area contributed by atoms with Crippen molar-refractivity contribution in [1.29, 1.82) is 0 Å². The molecule has 1 aromatic carbocycles. The summed E-state index contributed by atoms with van der Waals surface area (Å²) in [5.74, 6) is 0.702. The Hall–Kier alpha value is -1.79. The van der Waals surface area contributed by atoms with E-state index in [0.29, 0.717) is 5.82 Å². The molecular formula is C15H16ClN5S. The molecule has 0 aliphatic rings. The van der Waals surface area contributed by atoms with Crippen LogP contribution in [-0.2, 0) is 0 Å². The van der Waals surface area contributed by atoms with Crippen LogP contribution in [0.4, 0.5) is 11.5 Å². The van der Waals surface area contributed by atoms with E-state index in [1.54, 1.807) is 18.3 Å². The fraction of sp³-hybridized carbons (Fsp3) is 0.267. The summed E-state index contributed by atoms with van der Waals surface area (Å²) in [6.45, 7) is 4.17. The number of nitrogens with zero attached hydrogens (tertiary/aromatic N) is 5. The lowest BCUT2D eigenvalue weighted by Gasteiger charge is -2.20. The maximum Gasteiger partial charge on any atom is 0.226 e. The van der Waals surface area contributed by atoms with Crippen molar-refractivity contribution in [2.45, 2.75) is 19.9 Å². The SMILES string of the molecule is CSN(c1ccccc1)c1nc(Cl)nc2c1ncn2C(C)C. The maximum atomic E-state index is 6.15. The third kappa shape index (κ3) is 2.64. The zero-order valence-electron chi connectivity index (χ0n) is 12.6. The molecule has 22 heavy (non-hydrogen) atoms. The van der Waals surface area contributed by atoms with E-state index in [1.165, 1.54) is 0 Å². The molecule has 0 N–H and O–H groups in total. The molecule has 0 spiro atoms. The Kier molecular flexibility index (Phi) is 4.22. The molecule has 2 heterocycles. The molecule has 0 aliphatic carbocycles. The Morgan fingerprint density at radius 3 is 2.55 bits per heavy atom. The Balaban J connectivity index is 2.21. The Morgan fingerprint density at radius 1 is 1.18 bits per heavy atom. The van der Waals surface area contributed by atoms with Gasteiger partial charge in [-0.1, -0.05) is 18.2 Å². The van der Waals surface area contributed by atoms with Crippen LogP contribution in [0.2, 0.25) is 5.28 Å². The van der Waals surface area contributed by atoms with E-state index in [0.717, 1.165) is 16.9 Å². The first-order valence-corrected chi connectivity index (χ1v) is 8.47. The Labute approximate surface area is 138 Å². The number of anilines is 2. The van der Waals surface area contributed by atoms with Crippen molar-refractivity contribution in [3.8, 4) is 0 Å². The van der Waals surface area contributed by atoms with Crippen LogP contribution in [0.25, 0.3) is 11.2 Å². The summed E-state index contributed by atoms with van der Waals surface area (Å²) in [4.78, 5) is 13.3. The molecule has 0 amide bonds. The average Bonchev–Trinajstić information content (AvgIpc) is 2.93. The molecule has 0 saturated carbocycles. The predicted molar refractivity (Wildman–Crippen MR) is 92.8 cm³/mol. The van der Waals surface area contributed by atoms with Gasteiger partial charge in [-0.2, -0.15) is 9.97 Å². The minimum Gasteiger partial charge on any atom is -0.313 e. The molecule has 0 atom stereocenters. The Bertz CT molecular complexity index is 787. The van der Waals surface area contributed by atoms with Gasteiger partial charge < -0.3 is 4.57 Å². The lowest BCUT2D eigenvalue weighted by Crippen LogP contribution is -2.10. The normalized spacial score (nSPS) is 11.3. The van der Waals surface area contributed by atoms with Crippen LogP contribution in [0.1, 0.15) is 19.9 Å². The number of hydrogen-bond acceptors (Lipinski definition) is 5. The number of hydrogen-bond donors (Lipinski definition) is 0. The second kappa shape index (κ2) is 6.14. The van der Waals surface area contributed by atoms with Gasteiger partial charge in [0.15, 0.2) is 17.0 Å². The van der Waals surface area contributed by atoms with Gasteiger partial charge in [-0.3, -0.25) is 4.31 Å². The zero-order valence-corrected chi connectivity index (χ0v) is 14.1. The highest BCUT2D eigenvalue weighted by Crippen LogP contribution is 2.34. The molecule has 0 unspecified atom stereocenters. The van der Waals surface area contributed by atoms with Gasteiger partial charge in [0.2, 0.25) is 5.28 Å². The lowest BCUT2D eigenvalue weighted by molar-refractivity contribution is 0.612. The highest BCUT2D eigenvalue weighted by molar-refractivity contribution is 8.00. The molecule has 3 aromatic rings. The first kappa shape index (κ1) is 15.1. The van der Waals surface area contributed by atoms with Crippen LogP contribution in [-0.4, -0.2) is 25.8 Å². The summed E-state index contributed by atoms with van der Waals surface area (Å²) in [5, 5.41) is 0.222. The van der Waals surface area contributed by atoms with Gasteiger partial charge >= 0.3 is 0 Å². The van der Waals surface area contributed by atoms with Gasteiger partial charge in [0.05, 0.1) is 12.0 Å². The molecule has 7 heteroatoms. The van der Waals surface area contributed by atoms with E-state index in [2.05, 4.69) is 28.8 Å². The first-order valence-electron chi connectivity index (χ1n) is 6.91. The van der Waals surface area contributed by atoms with Crippen LogP contribution in [0, 0.1) is 0 Å². The predicted octanol–water partition coefficient (Wildman–Crippen LogP) is 4.48. The topological polar surface area (TPSA) is 46.8 Å². The van der Waals surface area contributed by atoms with Crippen molar-refractivity contribution < 1.29 is 0 Å². The number of fused-ring (bicyclic) bond motifs is 1. The maximum absolute atomic E-state index is 6.15. The molecule has 114 valence electrons. The highest BCUT2D eigenvalue weighted by Gasteiger charge is 2.19. The molecule has 0 saturated heterocycles. The molecule has 0 bridgehead atoms. The van der Waals surface area contributed by atoms with Crippen LogP contribution >= 0.6 is 23.5 Å². The molecule has 0 radical (unpaired) electrons. The van der Waals surface area contributed by atoms with Crippen molar-refractivity contribution in [1.82, 2.24) is 19.5 Å². The number of benzene rings is 1. The van der Waals surface area contributed by atoms with Gasteiger partial charge in [0.25, 0.3) is 0 Å². The minimum atomic E-state index is 0.222. The molecule has 0 fully saturated rings. The lowest BCUT2D eigenvalue weighted by atomic mass is 10.3. The van der Waals surface area contributed by atoms with E-state index in [-0.39, 0.29) is 11.3 Å². The second-order valence-electron chi connectivity index (χ2n) is 5.05. The number of rotatable bonds is 4. The Morgan fingerprint density at radius 2 is 1.91 bits per heavy atom. The largest absolute Gasteiger partial charge is 0.313 e. The van der Waals surface area contributed by atoms with Crippen LogP contribution in [0.3, 0.4) is 0 Å². The van der Waals surface area contributed by atoms with Crippen molar-refractivity contribution in [3.63, 3.8) is 0 Å². The van der Waals surface area contributed by atoms with Gasteiger partial charge in [0, 0.05) is 12.3 Å². The molecule has 3 rings (SSSR count). The minimum absolute atomic E-state index is 0.222. The van der Waals surface area contributed by atoms with E-state index in [1.807, 2.05) is 45.5 Å². The van der Waals surface area contributed by atoms with Gasteiger partial charge in [-0.15, -0.1) is 0 Å². The summed E-state index contributed by atoms with van der Waals surface area (Å²) in [6, 6.07) is 10.3. The number of imidazole rings is 1. The van der Waals surface area contributed by atoms with Crippen molar-refractivity contribution in [2.24, 2.45) is 0 Å². The van der Waals surface area contributed by atoms with Crippen molar-refractivity contribution in [2.75, 3.05) is 10.6 Å². The van der Waals surface area contributed by atoms with Gasteiger partial charge in [-0.05, 0) is 49.5 Å². The molecular weight excluding hydrogens is 318 g/mol. The summed E-state index contributed by atoms with van der Waals surface area (Å²) in [5.41, 5.74) is 2.52. The van der Waals surface area contributed by atoms with Gasteiger partial charge in [0.1, 0.15) is 0 Å². The highest BCUT2D eigenvalue weighted by atomic mass is 35.5. The summed E-state index contributed by atoms with van der Waals surface area (Å²) < 4.78 is 4.00. The molecule has 5 nitrogen and oxygen atoms in total. The smallest absolute Gasteiger partial charge is 0.226 e. The van der Waals surface area contributed by atoms with E-state index < -0.39 is 0 Å². The fourth-order valence-corrected chi connectivity index (χ4v) is 3.07. The van der Waals surface area contributed by atoms with E-state index in [9.17, 15) is 0 Å². The van der Waals surface area contributed by atoms with Crippen LogP contribution in [0.15, 0.2) is 36.7 Å². The summed E-state index contributed by atoms with van der Waals surface area (Å²) in [7, 11) is 0. The number of halogens is 1. The van der Waals surface area contributed by atoms with Crippen molar-refractivity contribution >= 4 is 46.2 Å². The van der Waals surface area contributed by atoms with E-state index in [4.69, 9.17) is 11.6 Å². The average molecular weight is 334 g/mol. The molecule has 2 aromatic heterocycles. The van der Waals surface area contributed by atoms with Crippen LogP contribution in [0.5, 0.6) is 0 Å². The zero-order chi connectivity index (χ0) is 15.7. The monoisotopic (exact) mass is 333 g/mol. The summed E-state index contributed by atoms with van der Waals surface area (Å²) in [6.07, 6.45) is 3.78. The molecule has 0 aliphatic heterocycles. The number of aromatic nitrogens is 4.